The third-order valence-corrected chi connectivity index (χ3v) is 4.02. The zero-order valence-corrected chi connectivity index (χ0v) is 12.9. The SMILES string of the molecule is CNc1nnc(-c2cc(C)c(C)cc2C)c2ccccc12. The first kappa shape index (κ1) is 13.6. The van der Waals surface area contributed by atoms with Crippen molar-refractivity contribution in [1.29, 1.82) is 0 Å². The van der Waals surface area contributed by atoms with Crippen LogP contribution in [0.4, 0.5) is 5.82 Å². The molecule has 3 rings (SSSR count). The largest absolute Gasteiger partial charge is 0.371 e. The summed E-state index contributed by atoms with van der Waals surface area (Å²) in [5.41, 5.74) is 5.92. The van der Waals surface area contributed by atoms with Gasteiger partial charge in [-0.15, -0.1) is 10.2 Å². The van der Waals surface area contributed by atoms with Gasteiger partial charge in [-0.3, -0.25) is 0 Å². The van der Waals surface area contributed by atoms with Crippen LogP contribution in [0.1, 0.15) is 16.7 Å². The lowest BCUT2D eigenvalue weighted by molar-refractivity contribution is 1.05. The molecular weight excluding hydrogens is 258 g/mol. The van der Waals surface area contributed by atoms with E-state index in [4.69, 9.17) is 0 Å². The van der Waals surface area contributed by atoms with E-state index in [1.54, 1.807) is 0 Å². The predicted octanol–water partition coefficient (Wildman–Crippen LogP) is 4.26. The van der Waals surface area contributed by atoms with Gasteiger partial charge in [-0.2, -0.15) is 0 Å². The highest BCUT2D eigenvalue weighted by Crippen LogP contribution is 2.32. The van der Waals surface area contributed by atoms with Crippen LogP contribution in [-0.2, 0) is 0 Å². The molecule has 0 aliphatic rings. The molecule has 1 aromatic heterocycles. The molecule has 3 aromatic rings. The maximum atomic E-state index is 4.47. The van der Waals surface area contributed by atoms with Gasteiger partial charge in [0.15, 0.2) is 5.82 Å². The van der Waals surface area contributed by atoms with Crippen molar-refractivity contribution < 1.29 is 0 Å². The Kier molecular flexibility index (Phi) is 3.34. The van der Waals surface area contributed by atoms with Crippen LogP contribution in [0, 0.1) is 20.8 Å². The summed E-state index contributed by atoms with van der Waals surface area (Å²) >= 11 is 0. The summed E-state index contributed by atoms with van der Waals surface area (Å²) < 4.78 is 0. The van der Waals surface area contributed by atoms with Gasteiger partial charge in [0.1, 0.15) is 5.69 Å². The van der Waals surface area contributed by atoms with Crippen LogP contribution in [0.3, 0.4) is 0 Å². The fraction of sp³-hybridized carbons (Fsp3) is 0.222. The summed E-state index contributed by atoms with van der Waals surface area (Å²) in [6, 6.07) is 12.7. The number of rotatable bonds is 2. The van der Waals surface area contributed by atoms with E-state index in [1.807, 2.05) is 19.2 Å². The molecule has 0 bridgehead atoms. The van der Waals surface area contributed by atoms with Gasteiger partial charge in [0.05, 0.1) is 0 Å². The van der Waals surface area contributed by atoms with Crippen molar-refractivity contribution in [3.63, 3.8) is 0 Å². The van der Waals surface area contributed by atoms with E-state index >= 15 is 0 Å². The quantitative estimate of drug-likeness (QED) is 0.760. The van der Waals surface area contributed by atoms with Gasteiger partial charge in [-0.1, -0.05) is 30.3 Å². The minimum Gasteiger partial charge on any atom is -0.371 e. The van der Waals surface area contributed by atoms with Crippen molar-refractivity contribution in [2.24, 2.45) is 0 Å². The van der Waals surface area contributed by atoms with Crippen molar-refractivity contribution >= 4 is 16.6 Å². The van der Waals surface area contributed by atoms with Gasteiger partial charge in [0.2, 0.25) is 0 Å². The summed E-state index contributed by atoms with van der Waals surface area (Å²) in [4.78, 5) is 0. The first-order valence-corrected chi connectivity index (χ1v) is 7.13. The molecule has 0 spiro atoms. The second-order valence-corrected chi connectivity index (χ2v) is 5.44. The number of anilines is 1. The zero-order valence-electron chi connectivity index (χ0n) is 12.9. The summed E-state index contributed by atoms with van der Waals surface area (Å²) in [6.07, 6.45) is 0. The van der Waals surface area contributed by atoms with Crippen LogP contribution in [0.5, 0.6) is 0 Å². The van der Waals surface area contributed by atoms with Gasteiger partial charge < -0.3 is 5.32 Å². The molecule has 1 heterocycles. The Morgan fingerprint density at radius 2 is 1.48 bits per heavy atom. The van der Waals surface area contributed by atoms with Crippen molar-refractivity contribution in [3.05, 3.63) is 53.1 Å². The van der Waals surface area contributed by atoms with Crippen molar-refractivity contribution in [1.82, 2.24) is 10.2 Å². The number of nitrogens with one attached hydrogen (secondary N) is 1. The highest BCUT2D eigenvalue weighted by atomic mass is 15.2. The minimum absolute atomic E-state index is 0.816. The Hall–Kier alpha value is -2.42. The molecule has 106 valence electrons. The van der Waals surface area contributed by atoms with Crippen LogP contribution in [0.25, 0.3) is 22.0 Å². The number of benzene rings is 2. The molecule has 0 aliphatic carbocycles. The minimum atomic E-state index is 0.816. The van der Waals surface area contributed by atoms with Gasteiger partial charge in [0, 0.05) is 23.4 Å². The van der Waals surface area contributed by atoms with Gasteiger partial charge in [-0.25, -0.2) is 0 Å². The molecule has 0 saturated carbocycles. The lowest BCUT2D eigenvalue weighted by Crippen LogP contribution is -1.99. The van der Waals surface area contributed by atoms with E-state index in [9.17, 15) is 0 Å². The molecule has 0 saturated heterocycles. The summed E-state index contributed by atoms with van der Waals surface area (Å²) in [6.45, 7) is 6.40. The van der Waals surface area contributed by atoms with Crippen LogP contribution in [0.2, 0.25) is 0 Å². The predicted molar refractivity (Wildman–Crippen MR) is 88.7 cm³/mol. The van der Waals surface area contributed by atoms with E-state index in [0.29, 0.717) is 0 Å². The third-order valence-electron chi connectivity index (χ3n) is 4.02. The highest BCUT2D eigenvalue weighted by molar-refractivity contribution is 6.00. The summed E-state index contributed by atoms with van der Waals surface area (Å²) in [5, 5.41) is 14.1. The standard InChI is InChI=1S/C18H19N3/c1-11-9-13(3)16(10-12(11)2)17-14-7-5-6-8-15(14)18(19-4)21-20-17/h5-10H,1-4H3,(H,19,21). The summed E-state index contributed by atoms with van der Waals surface area (Å²) in [5.74, 6) is 0.816. The fourth-order valence-electron chi connectivity index (χ4n) is 2.70. The first-order chi connectivity index (χ1) is 10.1. The molecular formula is C18H19N3. The maximum Gasteiger partial charge on any atom is 0.156 e. The van der Waals surface area contributed by atoms with Crippen molar-refractivity contribution in [2.45, 2.75) is 20.8 Å². The third kappa shape index (κ3) is 2.25. The second kappa shape index (κ2) is 5.17. The molecule has 2 aromatic carbocycles. The molecule has 0 aliphatic heterocycles. The Morgan fingerprint density at radius 3 is 2.19 bits per heavy atom. The maximum absolute atomic E-state index is 4.47. The summed E-state index contributed by atoms with van der Waals surface area (Å²) in [7, 11) is 1.87. The van der Waals surface area contributed by atoms with Crippen molar-refractivity contribution in [2.75, 3.05) is 12.4 Å². The number of aromatic nitrogens is 2. The highest BCUT2D eigenvalue weighted by Gasteiger charge is 2.12. The molecule has 0 fully saturated rings. The Labute approximate surface area is 125 Å². The van der Waals surface area contributed by atoms with Crippen molar-refractivity contribution in [3.8, 4) is 11.3 Å². The number of aryl methyl sites for hydroxylation is 3. The molecule has 3 heteroatoms. The van der Waals surface area contributed by atoms with E-state index in [1.165, 1.54) is 16.7 Å². The van der Waals surface area contributed by atoms with Crippen LogP contribution >= 0.6 is 0 Å². The second-order valence-electron chi connectivity index (χ2n) is 5.44. The molecule has 1 N–H and O–H groups in total. The van der Waals surface area contributed by atoms with E-state index in [0.717, 1.165) is 27.8 Å². The van der Waals surface area contributed by atoms with Crippen LogP contribution in [0.15, 0.2) is 36.4 Å². The van der Waals surface area contributed by atoms with Gasteiger partial charge in [0.25, 0.3) is 0 Å². The molecule has 21 heavy (non-hydrogen) atoms. The van der Waals surface area contributed by atoms with E-state index < -0.39 is 0 Å². The number of hydrogen-bond donors (Lipinski definition) is 1. The zero-order chi connectivity index (χ0) is 15.0. The molecule has 3 nitrogen and oxygen atoms in total. The lowest BCUT2D eigenvalue weighted by atomic mass is 9.96. The van der Waals surface area contributed by atoms with Crippen LogP contribution < -0.4 is 5.32 Å². The molecule has 0 atom stereocenters. The average molecular weight is 277 g/mol. The number of nitrogens with zero attached hydrogens (tertiary/aromatic N) is 2. The van der Waals surface area contributed by atoms with E-state index in [2.05, 4.69) is 60.6 Å². The monoisotopic (exact) mass is 277 g/mol. The van der Waals surface area contributed by atoms with Gasteiger partial charge >= 0.3 is 0 Å². The Bertz CT molecular complexity index is 822. The van der Waals surface area contributed by atoms with E-state index in [-0.39, 0.29) is 0 Å². The Morgan fingerprint density at radius 1 is 0.810 bits per heavy atom. The number of fused-ring (bicyclic) bond motifs is 1. The van der Waals surface area contributed by atoms with Crippen LogP contribution in [-0.4, -0.2) is 17.2 Å². The first-order valence-electron chi connectivity index (χ1n) is 7.13. The number of hydrogen-bond acceptors (Lipinski definition) is 3. The molecule has 0 radical (unpaired) electrons. The average Bonchev–Trinajstić information content (AvgIpc) is 2.50. The topological polar surface area (TPSA) is 37.8 Å². The normalized spacial score (nSPS) is 10.9. The van der Waals surface area contributed by atoms with Gasteiger partial charge in [-0.05, 0) is 43.5 Å². The Balaban J connectivity index is 2.34. The molecule has 0 unspecified atom stereocenters. The molecule has 0 amide bonds. The fourth-order valence-corrected chi connectivity index (χ4v) is 2.70. The lowest BCUT2D eigenvalue weighted by Gasteiger charge is -2.12. The smallest absolute Gasteiger partial charge is 0.156 e.